The van der Waals surface area contributed by atoms with E-state index in [0.29, 0.717) is 0 Å². The average Bonchev–Trinajstić information content (AvgIpc) is 1.50. The average molecular weight is 273 g/mol. The van der Waals surface area contributed by atoms with Crippen molar-refractivity contribution >= 4 is 0 Å². The molecule has 0 aliphatic carbocycles. The third-order valence-corrected chi connectivity index (χ3v) is 0. The van der Waals surface area contributed by atoms with Crippen LogP contribution in [0, 0.1) is 14.9 Å². The van der Waals surface area contributed by atoms with Gasteiger partial charge in [0.1, 0.15) is 0 Å². The van der Waals surface area contributed by atoms with Crippen LogP contribution in [0.15, 0.2) is 0 Å². The van der Waals surface area contributed by atoms with E-state index in [4.69, 9.17) is 10.2 Å². The van der Waals surface area contributed by atoms with E-state index in [0.717, 1.165) is 14.2 Å². The molecule has 0 spiro atoms. The first-order chi connectivity index (χ1) is 2.00. The quantitative estimate of drug-likeness (QED) is 0.486. The van der Waals surface area contributed by atoms with E-state index in [1.807, 2.05) is 0 Å². The maximum absolute atomic E-state index is 7.00. The normalized spacial score (nSPS) is 1.71. The summed E-state index contributed by atoms with van der Waals surface area (Å²) in [7, 11) is 2.00. The molecule has 0 atom stereocenters. The molecule has 48 valence electrons. The van der Waals surface area contributed by atoms with Gasteiger partial charge < -0.3 is 25.1 Å². The second-order valence-electron chi connectivity index (χ2n) is 0. The van der Waals surface area contributed by atoms with Crippen molar-refractivity contribution < 1.29 is 36.1 Å². The van der Waals surface area contributed by atoms with Crippen molar-refractivity contribution in [2.24, 2.45) is 0 Å². The topological polar surface area (TPSA) is 40.5 Å². The Morgan fingerprint density at radius 3 is 0.714 bits per heavy atom. The first kappa shape index (κ1) is 46.1. The van der Waals surface area contributed by atoms with Crippen LogP contribution >= 0.6 is 0 Å². The molecule has 0 saturated carbocycles. The summed E-state index contributed by atoms with van der Waals surface area (Å²) in [5, 5.41) is 14.0. The second-order valence-corrected chi connectivity index (χ2v) is 0. The largest absolute Gasteiger partial charge is 0.400 e. The maximum Gasteiger partial charge on any atom is 0.0319 e. The molecule has 0 aromatic rings. The van der Waals surface area contributed by atoms with Gasteiger partial charge in [-0.15, -0.1) is 0 Å². The van der Waals surface area contributed by atoms with Crippen molar-refractivity contribution in [1.29, 1.82) is 0 Å². The molecule has 0 radical (unpaired) electrons. The summed E-state index contributed by atoms with van der Waals surface area (Å²) in [5.74, 6) is 0. The number of hydrogen-bond acceptors (Lipinski definition) is 2. The van der Waals surface area contributed by atoms with Crippen molar-refractivity contribution in [3.63, 3.8) is 0 Å². The van der Waals surface area contributed by atoms with Gasteiger partial charge in [0.05, 0.1) is 0 Å². The third-order valence-electron chi connectivity index (χ3n) is 0. The zero-order chi connectivity index (χ0) is 4.00. The first-order valence-corrected chi connectivity index (χ1v) is 0.894. The van der Waals surface area contributed by atoms with Crippen LogP contribution in [0.5, 0.6) is 0 Å². The first-order valence-electron chi connectivity index (χ1n) is 0.894. The summed E-state index contributed by atoms with van der Waals surface area (Å²) >= 11 is 0. The fourth-order valence-electron chi connectivity index (χ4n) is 0. The van der Waals surface area contributed by atoms with E-state index in [1.165, 1.54) is 0 Å². The molecule has 0 aromatic carbocycles. The molecule has 0 unspecified atom stereocenters. The van der Waals surface area contributed by atoms with Crippen LogP contribution < -0.4 is 0 Å². The van der Waals surface area contributed by atoms with Crippen LogP contribution in [0.3, 0.4) is 0 Å². The number of hydrogen-bond donors (Lipinski definition) is 2. The van der Waals surface area contributed by atoms with E-state index in [1.54, 1.807) is 0 Å². The Kier molecular flexibility index (Phi) is 2400. The van der Waals surface area contributed by atoms with Crippen molar-refractivity contribution in [1.82, 2.24) is 0 Å². The monoisotopic (exact) mass is 274 g/mol. The zero-order valence-corrected chi connectivity index (χ0v) is 8.99. The predicted octanol–water partition coefficient (Wildman–Crippen LogP) is 0.115. The summed E-state index contributed by atoms with van der Waals surface area (Å²) < 4.78 is 0. The Morgan fingerprint density at radius 1 is 0.714 bits per heavy atom. The predicted molar refractivity (Wildman–Crippen MR) is 29.1 cm³/mol. The molecule has 2 N–H and O–H groups in total. The van der Waals surface area contributed by atoms with Crippen molar-refractivity contribution in [3.05, 3.63) is 14.9 Å². The molecule has 2 nitrogen and oxygen atoms in total. The van der Waals surface area contributed by atoms with Crippen LogP contribution in [0.2, 0.25) is 0 Å². The number of aliphatic hydroxyl groups is 2. The van der Waals surface area contributed by atoms with Gasteiger partial charge in [-0.05, 0) is 0 Å². The number of aliphatic hydroxyl groups excluding tert-OH is 2. The van der Waals surface area contributed by atoms with Gasteiger partial charge in [0.15, 0.2) is 0 Å². The van der Waals surface area contributed by atoms with E-state index in [-0.39, 0.29) is 40.7 Å². The van der Waals surface area contributed by atoms with Crippen LogP contribution in [-0.2, 0) is 25.8 Å². The molecule has 3 heteroatoms. The molecule has 0 bridgehead atoms. The fraction of sp³-hybridized carbons (Fsp3) is 0.500. The van der Waals surface area contributed by atoms with Crippen molar-refractivity contribution in [2.45, 2.75) is 0 Å². The van der Waals surface area contributed by atoms with E-state index in [2.05, 4.69) is 0 Å². The van der Waals surface area contributed by atoms with Crippen molar-refractivity contribution in [2.75, 3.05) is 14.2 Å². The number of rotatable bonds is 0. The van der Waals surface area contributed by atoms with E-state index in [9.17, 15) is 0 Å². The summed E-state index contributed by atoms with van der Waals surface area (Å²) in [5.41, 5.74) is 0. The van der Waals surface area contributed by atoms with E-state index < -0.39 is 0 Å². The Morgan fingerprint density at radius 2 is 0.714 bits per heavy atom. The summed E-state index contributed by atoms with van der Waals surface area (Å²) in [6, 6.07) is 0. The maximum atomic E-state index is 7.00. The van der Waals surface area contributed by atoms with Gasteiger partial charge in [0, 0.05) is 40.1 Å². The summed E-state index contributed by atoms with van der Waals surface area (Å²) in [6.45, 7) is 0. The molecule has 0 aliphatic heterocycles. The summed E-state index contributed by atoms with van der Waals surface area (Å²) in [4.78, 5) is 0. The molecule has 0 rings (SSSR count). The molecule has 0 aromatic heterocycles. The minimum atomic E-state index is 0. The van der Waals surface area contributed by atoms with Gasteiger partial charge in [0.25, 0.3) is 0 Å². The molecule has 0 heterocycles. The third kappa shape index (κ3) is 250. The minimum absolute atomic E-state index is 0. The molecule has 7 heavy (non-hydrogen) atoms. The van der Waals surface area contributed by atoms with Crippen LogP contribution in [-0.4, -0.2) is 24.4 Å². The van der Waals surface area contributed by atoms with Crippen LogP contribution in [0.25, 0.3) is 0 Å². The van der Waals surface area contributed by atoms with Gasteiger partial charge in [-0.25, -0.2) is 0 Å². The Labute approximate surface area is 65.3 Å². The van der Waals surface area contributed by atoms with Crippen molar-refractivity contribution in [3.8, 4) is 0 Å². The molecule has 0 amide bonds. The SMILES string of the molecule is CO.CO.[CH3-].[CH3-].[Hf]. The molecular weight excluding hydrogens is 259 g/mol. The Bertz CT molecular complexity index is 9.65. The summed E-state index contributed by atoms with van der Waals surface area (Å²) in [6.07, 6.45) is 0. The molecule has 0 fully saturated rings. The second kappa shape index (κ2) is 365. The molecular formula is C4H14HfO2-2. The van der Waals surface area contributed by atoms with Gasteiger partial charge in [-0.3, -0.25) is 0 Å². The zero-order valence-electron chi connectivity index (χ0n) is 5.39. The van der Waals surface area contributed by atoms with Crippen LogP contribution in [0.1, 0.15) is 0 Å². The van der Waals surface area contributed by atoms with E-state index >= 15 is 0 Å². The molecule has 0 saturated heterocycles. The standard InChI is InChI=1S/2CH4O.2CH3.Hf/c2*1-2;;;/h2*2H,1H3;2*1H3;/q;;2*-1;. The Hall–Kier alpha value is 0.790. The Balaban J connectivity index is -0.00000000267. The van der Waals surface area contributed by atoms with Gasteiger partial charge in [-0.2, -0.15) is 0 Å². The van der Waals surface area contributed by atoms with Gasteiger partial charge in [0.2, 0.25) is 0 Å². The minimum Gasteiger partial charge on any atom is -0.400 e. The van der Waals surface area contributed by atoms with Gasteiger partial charge in [-0.1, -0.05) is 0 Å². The van der Waals surface area contributed by atoms with Crippen LogP contribution in [0.4, 0.5) is 0 Å². The fourth-order valence-corrected chi connectivity index (χ4v) is 0. The van der Waals surface area contributed by atoms with Gasteiger partial charge >= 0.3 is 0 Å². The smallest absolute Gasteiger partial charge is 0.0319 e. The molecule has 0 aliphatic rings.